The molecule has 0 spiro atoms. The molecule has 0 radical (unpaired) electrons. The van der Waals surface area contributed by atoms with Gasteiger partial charge in [-0.25, -0.2) is 0 Å². The van der Waals surface area contributed by atoms with E-state index in [1.54, 1.807) is 24.3 Å². The maximum Gasteiger partial charge on any atom is 0.294 e. The number of nitrogens with zero attached hydrogens (tertiary/aromatic N) is 1. The number of carbonyl (C=O) groups excluding carboxylic acids is 1. The highest BCUT2D eigenvalue weighted by atomic mass is 32.2. The van der Waals surface area contributed by atoms with E-state index in [-0.39, 0.29) is 4.90 Å². The minimum Gasteiger partial charge on any atom is -0.366 e. The fourth-order valence-electron chi connectivity index (χ4n) is 1.23. The van der Waals surface area contributed by atoms with E-state index in [0.29, 0.717) is 5.56 Å². The van der Waals surface area contributed by atoms with Crippen LogP contribution in [0.15, 0.2) is 53.7 Å². The molecule has 0 unspecified atom stereocenters. The number of amides is 1. The van der Waals surface area contributed by atoms with E-state index in [2.05, 4.69) is 4.98 Å². The summed E-state index contributed by atoms with van der Waals surface area (Å²) in [4.78, 5) is 14.0. The molecule has 20 heavy (non-hydrogen) atoms. The Balaban J connectivity index is 0.000000204. The summed E-state index contributed by atoms with van der Waals surface area (Å²) in [6.07, 6.45) is 3.06. The second-order valence-corrected chi connectivity index (χ2v) is 5.31. The predicted molar refractivity (Wildman–Crippen MR) is 73.7 cm³/mol. The number of hydrogen-bond acceptors (Lipinski definition) is 4. The van der Waals surface area contributed by atoms with Gasteiger partial charge < -0.3 is 5.73 Å². The third-order valence-corrected chi connectivity index (χ3v) is 3.15. The molecular weight excluding hydrogens is 280 g/mol. The molecule has 0 aliphatic rings. The summed E-state index contributed by atoms with van der Waals surface area (Å²) in [7, 11) is -4.02. The molecule has 2 aromatic rings. The Kier molecular flexibility index (Phi) is 5.36. The highest BCUT2D eigenvalue weighted by Crippen LogP contribution is 2.08. The van der Waals surface area contributed by atoms with Crippen molar-refractivity contribution in [2.24, 2.45) is 5.73 Å². The van der Waals surface area contributed by atoms with Crippen LogP contribution in [-0.4, -0.2) is 23.9 Å². The van der Waals surface area contributed by atoms with Gasteiger partial charge >= 0.3 is 0 Å². The fourth-order valence-corrected chi connectivity index (χ4v) is 1.71. The van der Waals surface area contributed by atoms with Crippen LogP contribution < -0.4 is 5.73 Å². The van der Waals surface area contributed by atoms with Crippen molar-refractivity contribution in [2.75, 3.05) is 0 Å². The van der Waals surface area contributed by atoms with Crippen LogP contribution in [0.4, 0.5) is 0 Å². The zero-order chi connectivity index (χ0) is 15.2. The van der Waals surface area contributed by atoms with Crippen molar-refractivity contribution in [1.29, 1.82) is 0 Å². The summed E-state index contributed by atoms with van der Waals surface area (Å²) in [5.41, 5.74) is 6.39. The van der Waals surface area contributed by atoms with E-state index in [1.165, 1.54) is 24.5 Å². The van der Waals surface area contributed by atoms with E-state index >= 15 is 0 Å². The minimum atomic E-state index is -4.02. The summed E-state index contributed by atoms with van der Waals surface area (Å²) < 4.78 is 29.6. The molecule has 106 valence electrons. The maximum atomic E-state index is 10.5. The van der Waals surface area contributed by atoms with E-state index in [0.717, 1.165) is 5.56 Å². The quantitative estimate of drug-likeness (QED) is 0.814. The number of benzene rings is 1. The van der Waals surface area contributed by atoms with Gasteiger partial charge in [0.25, 0.3) is 10.1 Å². The van der Waals surface area contributed by atoms with Gasteiger partial charge in [0.15, 0.2) is 0 Å². The van der Waals surface area contributed by atoms with E-state index in [1.807, 2.05) is 6.92 Å². The summed E-state index contributed by atoms with van der Waals surface area (Å²) in [6.45, 7) is 1.84. The van der Waals surface area contributed by atoms with Crippen molar-refractivity contribution in [3.05, 3.63) is 59.9 Å². The van der Waals surface area contributed by atoms with Crippen LogP contribution in [0.25, 0.3) is 0 Å². The van der Waals surface area contributed by atoms with Crippen LogP contribution in [0.5, 0.6) is 0 Å². The normalized spacial score (nSPS) is 10.3. The molecule has 6 nitrogen and oxygen atoms in total. The molecule has 1 heterocycles. The van der Waals surface area contributed by atoms with Gasteiger partial charge in [-0.15, -0.1) is 0 Å². The predicted octanol–water partition coefficient (Wildman–Crippen LogP) is 1.42. The van der Waals surface area contributed by atoms with Crippen molar-refractivity contribution < 1.29 is 17.8 Å². The third-order valence-electron chi connectivity index (χ3n) is 2.28. The second-order valence-electron chi connectivity index (χ2n) is 3.89. The van der Waals surface area contributed by atoms with E-state index < -0.39 is 16.0 Å². The topological polar surface area (TPSA) is 110 Å². The highest BCUT2D eigenvalue weighted by Gasteiger charge is 2.06. The van der Waals surface area contributed by atoms with Gasteiger partial charge in [-0.3, -0.25) is 14.3 Å². The molecule has 0 saturated carbocycles. The Morgan fingerprint density at radius 1 is 1.10 bits per heavy atom. The average molecular weight is 294 g/mol. The van der Waals surface area contributed by atoms with Gasteiger partial charge in [-0.1, -0.05) is 17.7 Å². The van der Waals surface area contributed by atoms with Gasteiger partial charge in [-0.05, 0) is 31.2 Å². The Morgan fingerprint density at radius 2 is 1.60 bits per heavy atom. The first kappa shape index (κ1) is 15.8. The molecular formula is C13H14N2O4S. The molecule has 0 aliphatic carbocycles. The molecule has 3 N–H and O–H groups in total. The first-order valence-electron chi connectivity index (χ1n) is 5.54. The van der Waals surface area contributed by atoms with Crippen LogP contribution in [0.1, 0.15) is 15.9 Å². The number of carbonyl (C=O) groups is 1. The standard InChI is InChI=1S/C7H8O3S.C6H6N2O/c1-6-2-4-7(5-3-6)11(8,9)10;7-6(9)5-1-3-8-4-2-5/h2-5H,1H3,(H,8,9,10);1-4H,(H2,7,9). The number of pyridine rings is 1. The lowest BCUT2D eigenvalue weighted by atomic mass is 10.2. The number of primary amides is 1. The lowest BCUT2D eigenvalue weighted by Crippen LogP contribution is -2.10. The fraction of sp³-hybridized carbons (Fsp3) is 0.0769. The van der Waals surface area contributed by atoms with Gasteiger partial charge in [0, 0.05) is 18.0 Å². The van der Waals surface area contributed by atoms with Crippen molar-refractivity contribution >= 4 is 16.0 Å². The Labute approximate surface area is 117 Å². The lowest BCUT2D eigenvalue weighted by molar-refractivity contribution is 0.1000. The number of rotatable bonds is 2. The highest BCUT2D eigenvalue weighted by molar-refractivity contribution is 7.85. The van der Waals surface area contributed by atoms with Crippen LogP contribution in [-0.2, 0) is 10.1 Å². The van der Waals surface area contributed by atoms with Crippen molar-refractivity contribution in [1.82, 2.24) is 4.98 Å². The van der Waals surface area contributed by atoms with E-state index in [4.69, 9.17) is 10.3 Å². The second kappa shape index (κ2) is 6.78. The van der Waals surface area contributed by atoms with Crippen LogP contribution in [0.3, 0.4) is 0 Å². The summed E-state index contributed by atoms with van der Waals surface area (Å²) >= 11 is 0. The minimum absolute atomic E-state index is 0.0666. The smallest absolute Gasteiger partial charge is 0.294 e. The number of hydrogen-bond donors (Lipinski definition) is 2. The van der Waals surface area contributed by atoms with Crippen molar-refractivity contribution in [2.45, 2.75) is 11.8 Å². The largest absolute Gasteiger partial charge is 0.366 e. The molecule has 1 aromatic heterocycles. The van der Waals surface area contributed by atoms with Crippen molar-refractivity contribution in [3.8, 4) is 0 Å². The Morgan fingerprint density at radius 3 is 1.95 bits per heavy atom. The maximum absolute atomic E-state index is 10.5. The molecule has 1 amide bonds. The molecule has 0 atom stereocenters. The number of nitrogens with two attached hydrogens (primary N) is 1. The molecule has 7 heteroatoms. The molecule has 0 fully saturated rings. The zero-order valence-corrected chi connectivity index (χ0v) is 11.5. The zero-order valence-electron chi connectivity index (χ0n) is 10.7. The monoisotopic (exact) mass is 294 g/mol. The third kappa shape index (κ3) is 5.17. The molecule has 2 rings (SSSR count). The lowest BCUT2D eigenvalue weighted by Gasteiger charge is -1.95. The van der Waals surface area contributed by atoms with Gasteiger partial charge in [0.05, 0.1) is 4.90 Å². The van der Waals surface area contributed by atoms with E-state index in [9.17, 15) is 13.2 Å². The van der Waals surface area contributed by atoms with Gasteiger partial charge in [0.2, 0.25) is 5.91 Å². The van der Waals surface area contributed by atoms with Crippen LogP contribution in [0, 0.1) is 6.92 Å². The van der Waals surface area contributed by atoms with Crippen LogP contribution >= 0.6 is 0 Å². The molecule has 0 saturated heterocycles. The summed E-state index contributed by atoms with van der Waals surface area (Å²) in [5, 5.41) is 0. The number of aryl methyl sites for hydroxylation is 1. The molecule has 0 aliphatic heterocycles. The van der Waals surface area contributed by atoms with Crippen LogP contribution in [0.2, 0.25) is 0 Å². The first-order valence-corrected chi connectivity index (χ1v) is 6.98. The molecule has 0 bridgehead atoms. The van der Waals surface area contributed by atoms with Crippen molar-refractivity contribution in [3.63, 3.8) is 0 Å². The Bertz CT molecular complexity index is 667. The SMILES string of the molecule is Cc1ccc(S(=O)(=O)O)cc1.NC(=O)c1ccncc1. The summed E-state index contributed by atoms with van der Waals surface area (Å²) in [6, 6.07) is 9.13. The van der Waals surface area contributed by atoms with Gasteiger partial charge in [-0.2, -0.15) is 8.42 Å². The van der Waals surface area contributed by atoms with Gasteiger partial charge in [0.1, 0.15) is 0 Å². The average Bonchev–Trinajstić information content (AvgIpc) is 2.40. The molecule has 1 aromatic carbocycles. The summed E-state index contributed by atoms with van der Waals surface area (Å²) in [5.74, 6) is -0.419. The number of aromatic nitrogens is 1. The Hall–Kier alpha value is -2.25. The first-order chi connectivity index (χ1) is 9.30.